The molecule has 0 aromatic carbocycles. The monoisotopic (exact) mass is 288 g/mol. The number of amides is 1. The second-order valence-electron chi connectivity index (χ2n) is 4.62. The molecule has 0 aliphatic carbocycles. The molecule has 19 heavy (non-hydrogen) atoms. The molecule has 0 radical (unpaired) electrons. The van der Waals surface area contributed by atoms with Crippen LogP contribution < -0.4 is 5.73 Å². The summed E-state index contributed by atoms with van der Waals surface area (Å²) in [6, 6.07) is -0.973. The van der Waals surface area contributed by atoms with E-state index in [9.17, 15) is 9.59 Å². The van der Waals surface area contributed by atoms with E-state index in [1.807, 2.05) is 0 Å². The third-order valence-corrected chi connectivity index (χ3v) is 4.18. The number of esters is 1. The van der Waals surface area contributed by atoms with Crippen molar-refractivity contribution in [1.82, 2.24) is 4.90 Å². The van der Waals surface area contributed by atoms with Gasteiger partial charge in [0.1, 0.15) is 6.04 Å². The summed E-state index contributed by atoms with van der Waals surface area (Å²) in [6.45, 7) is 4.75. The van der Waals surface area contributed by atoms with Crippen LogP contribution in [0.3, 0.4) is 0 Å². The van der Waals surface area contributed by atoms with Gasteiger partial charge in [0.15, 0.2) is 0 Å². The Hall–Kier alpha value is -0.750. The highest BCUT2D eigenvalue weighted by atomic mass is 32.2. The molecule has 5 nitrogen and oxygen atoms in total. The van der Waals surface area contributed by atoms with Gasteiger partial charge in [0.2, 0.25) is 5.91 Å². The number of nitrogens with two attached hydrogens (primary N) is 1. The van der Waals surface area contributed by atoms with E-state index in [4.69, 9.17) is 10.5 Å². The third kappa shape index (κ3) is 4.69. The van der Waals surface area contributed by atoms with Gasteiger partial charge in [-0.15, -0.1) is 0 Å². The summed E-state index contributed by atoms with van der Waals surface area (Å²) in [7, 11) is 0. The van der Waals surface area contributed by atoms with Crippen LogP contribution in [-0.2, 0) is 14.3 Å². The van der Waals surface area contributed by atoms with Gasteiger partial charge in [-0.2, -0.15) is 11.8 Å². The maximum atomic E-state index is 12.3. The molecule has 1 saturated heterocycles. The van der Waals surface area contributed by atoms with Crippen molar-refractivity contribution in [3.05, 3.63) is 0 Å². The van der Waals surface area contributed by atoms with Gasteiger partial charge in [0.05, 0.1) is 12.6 Å². The van der Waals surface area contributed by atoms with Gasteiger partial charge in [-0.25, -0.2) is 4.79 Å². The molecule has 1 aliphatic rings. The van der Waals surface area contributed by atoms with Crippen LogP contribution in [0.15, 0.2) is 0 Å². The number of carbonyl (C=O) groups is 2. The summed E-state index contributed by atoms with van der Waals surface area (Å²) in [6.07, 6.45) is 2.62. The summed E-state index contributed by atoms with van der Waals surface area (Å²) in [5.74, 6) is 1.02. The van der Waals surface area contributed by atoms with E-state index < -0.39 is 12.1 Å². The molecule has 0 saturated carbocycles. The minimum absolute atomic E-state index is 0.119. The van der Waals surface area contributed by atoms with Gasteiger partial charge in [-0.3, -0.25) is 4.79 Å². The Balaban J connectivity index is 2.65. The van der Waals surface area contributed by atoms with Crippen LogP contribution in [0.5, 0.6) is 0 Å². The second-order valence-corrected chi connectivity index (χ2v) is 5.77. The third-order valence-electron chi connectivity index (χ3n) is 3.16. The van der Waals surface area contributed by atoms with E-state index in [0.717, 1.165) is 18.6 Å². The Labute approximate surface area is 119 Å². The molecular formula is C13H24N2O3S. The Bertz CT molecular complexity index is 312. The molecule has 1 heterocycles. The molecule has 1 unspecified atom stereocenters. The highest BCUT2D eigenvalue weighted by molar-refractivity contribution is 7.99. The first-order valence-electron chi connectivity index (χ1n) is 6.92. The second kappa shape index (κ2) is 8.43. The van der Waals surface area contributed by atoms with Crippen LogP contribution in [0.25, 0.3) is 0 Å². The first-order valence-corrected chi connectivity index (χ1v) is 8.07. The van der Waals surface area contributed by atoms with Crippen LogP contribution >= 0.6 is 11.8 Å². The molecule has 0 aromatic rings. The van der Waals surface area contributed by atoms with Crippen LogP contribution in [0, 0.1) is 0 Å². The smallest absolute Gasteiger partial charge is 0.329 e. The highest BCUT2D eigenvalue weighted by Crippen LogP contribution is 2.19. The molecular weight excluding hydrogens is 264 g/mol. The van der Waals surface area contributed by atoms with E-state index in [1.54, 1.807) is 23.6 Å². The normalized spacial score (nSPS) is 21.0. The fourth-order valence-corrected chi connectivity index (χ4v) is 3.09. The molecule has 6 heteroatoms. The zero-order valence-electron chi connectivity index (χ0n) is 11.8. The Morgan fingerprint density at radius 2 is 2.21 bits per heavy atom. The molecule has 1 fully saturated rings. The maximum Gasteiger partial charge on any atom is 0.329 e. The molecule has 0 spiro atoms. The van der Waals surface area contributed by atoms with Gasteiger partial charge in [-0.1, -0.05) is 19.8 Å². The van der Waals surface area contributed by atoms with Gasteiger partial charge >= 0.3 is 5.97 Å². The van der Waals surface area contributed by atoms with Crippen molar-refractivity contribution >= 4 is 23.6 Å². The number of hydrogen-bond donors (Lipinski definition) is 1. The largest absolute Gasteiger partial charge is 0.464 e. The van der Waals surface area contributed by atoms with Crippen molar-refractivity contribution in [3.8, 4) is 0 Å². The number of hydrogen-bond acceptors (Lipinski definition) is 5. The van der Waals surface area contributed by atoms with Crippen molar-refractivity contribution in [2.45, 2.75) is 45.2 Å². The van der Waals surface area contributed by atoms with Crippen molar-refractivity contribution in [1.29, 1.82) is 0 Å². The number of thioether (sulfide) groups is 1. The van der Waals surface area contributed by atoms with Gasteiger partial charge in [-0.05, 0) is 13.3 Å². The topological polar surface area (TPSA) is 72.6 Å². The molecule has 2 atom stereocenters. The predicted octanol–water partition coefficient (Wildman–Crippen LogP) is 1.01. The SMILES string of the molecule is CCCC[C@H](N)C(=O)N1CCSCC1C(=O)OCC. The van der Waals surface area contributed by atoms with Crippen LogP contribution in [0.1, 0.15) is 33.1 Å². The van der Waals surface area contributed by atoms with E-state index in [0.29, 0.717) is 25.3 Å². The van der Waals surface area contributed by atoms with Crippen molar-refractivity contribution in [3.63, 3.8) is 0 Å². The summed E-state index contributed by atoms with van der Waals surface area (Å²) >= 11 is 1.67. The number of carbonyl (C=O) groups excluding carboxylic acids is 2. The molecule has 1 amide bonds. The first kappa shape index (κ1) is 16.3. The quantitative estimate of drug-likeness (QED) is 0.739. The zero-order chi connectivity index (χ0) is 14.3. The van der Waals surface area contributed by atoms with E-state index in [-0.39, 0.29) is 11.9 Å². The number of nitrogens with zero attached hydrogens (tertiary/aromatic N) is 1. The van der Waals surface area contributed by atoms with Crippen LogP contribution in [0.2, 0.25) is 0 Å². The lowest BCUT2D eigenvalue weighted by Crippen LogP contribution is -2.55. The summed E-state index contributed by atoms with van der Waals surface area (Å²) in [5.41, 5.74) is 5.92. The molecule has 0 bridgehead atoms. The number of ether oxygens (including phenoxy) is 1. The average Bonchev–Trinajstić information content (AvgIpc) is 2.44. The maximum absolute atomic E-state index is 12.3. The van der Waals surface area contributed by atoms with E-state index in [1.165, 1.54) is 0 Å². The molecule has 1 rings (SSSR count). The average molecular weight is 288 g/mol. The summed E-state index contributed by atoms with van der Waals surface area (Å²) in [5, 5.41) is 0. The van der Waals surface area contributed by atoms with Gasteiger partial charge in [0.25, 0.3) is 0 Å². The Morgan fingerprint density at radius 1 is 1.47 bits per heavy atom. The molecule has 1 aliphatic heterocycles. The first-order chi connectivity index (χ1) is 9.11. The van der Waals surface area contributed by atoms with Gasteiger partial charge in [0, 0.05) is 18.1 Å². The standard InChI is InChI=1S/C13H24N2O3S/c1-3-5-6-10(14)12(16)15-7-8-19-9-11(15)13(17)18-4-2/h10-11H,3-9,14H2,1-2H3/t10-,11?/m0/s1. The van der Waals surface area contributed by atoms with Crippen molar-refractivity contribution < 1.29 is 14.3 Å². The number of unbranched alkanes of at least 4 members (excludes halogenated alkanes) is 1. The minimum atomic E-state index is -0.500. The lowest BCUT2D eigenvalue weighted by atomic mass is 10.1. The van der Waals surface area contributed by atoms with Crippen molar-refractivity contribution in [2.24, 2.45) is 5.73 Å². The van der Waals surface area contributed by atoms with Crippen LogP contribution in [-0.4, -0.2) is 53.5 Å². The Morgan fingerprint density at radius 3 is 2.84 bits per heavy atom. The molecule has 110 valence electrons. The van der Waals surface area contributed by atoms with Gasteiger partial charge < -0.3 is 15.4 Å². The molecule has 2 N–H and O–H groups in total. The minimum Gasteiger partial charge on any atom is -0.464 e. The fraction of sp³-hybridized carbons (Fsp3) is 0.846. The highest BCUT2D eigenvalue weighted by Gasteiger charge is 2.35. The zero-order valence-corrected chi connectivity index (χ0v) is 12.6. The van der Waals surface area contributed by atoms with E-state index >= 15 is 0 Å². The fourth-order valence-electron chi connectivity index (χ4n) is 2.06. The van der Waals surface area contributed by atoms with Crippen molar-refractivity contribution in [2.75, 3.05) is 24.7 Å². The van der Waals surface area contributed by atoms with Crippen LogP contribution in [0.4, 0.5) is 0 Å². The lowest BCUT2D eigenvalue weighted by Gasteiger charge is -2.35. The molecule has 0 aromatic heterocycles. The lowest BCUT2D eigenvalue weighted by molar-refractivity contribution is -0.154. The number of rotatable bonds is 6. The van der Waals surface area contributed by atoms with E-state index in [2.05, 4.69) is 6.92 Å². The Kier molecular flexibility index (Phi) is 7.23. The summed E-state index contributed by atoms with van der Waals surface area (Å²) in [4.78, 5) is 25.8. The predicted molar refractivity (Wildman–Crippen MR) is 77.0 cm³/mol. The summed E-state index contributed by atoms with van der Waals surface area (Å²) < 4.78 is 5.04.